The van der Waals surface area contributed by atoms with Gasteiger partial charge >= 0.3 is 13.3 Å². The summed E-state index contributed by atoms with van der Waals surface area (Å²) in [7, 11) is -4.75. The van der Waals surface area contributed by atoms with Gasteiger partial charge in [0.05, 0.1) is 13.2 Å². The van der Waals surface area contributed by atoms with Crippen LogP contribution in [0.3, 0.4) is 0 Å². The summed E-state index contributed by atoms with van der Waals surface area (Å²) in [6.45, 7) is 2.43. The van der Waals surface area contributed by atoms with Crippen LogP contribution in [0.15, 0.2) is 28.7 Å². The normalized spacial score (nSPS) is 14.3. The average molecular weight is 373 g/mol. The molecule has 1 aromatic rings. The molecule has 0 amide bonds. The summed E-state index contributed by atoms with van der Waals surface area (Å²) in [4.78, 5) is 0. The number of benzene rings is 1. The first kappa shape index (κ1) is 17.7. The van der Waals surface area contributed by atoms with Crippen molar-refractivity contribution in [3.8, 4) is 0 Å². The molecule has 114 valence electrons. The number of aliphatic hydroxyl groups excluding tert-OH is 1. The standard InChI is InChI=1S/C12H16BrF2O4P/c1-3-18-20(17,19-4-2)12(14,15)11(16)9-5-7-10(13)8-6-9/h5-8,11,16H,3-4H2,1-2H3. The third-order valence-corrected chi connectivity index (χ3v) is 5.18. The Morgan fingerprint density at radius 1 is 1.25 bits per heavy atom. The maximum absolute atomic E-state index is 14.3. The van der Waals surface area contributed by atoms with Gasteiger partial charge in [-0.3, -0.25) is 4.57 Å². The van der Waals surface area contributed by atoms with Gasteiger partial charge in [0.2, 0.25) is 0 Å². The van der Waals surface area contributed by atoms with E-state index in [4.69, 9.17) is 0 Å². The van der Waals surface area contributed by atoms with Crippen LogP contribution in [0.5, 0.6) is 0 Å². The molecule has 1 N–H and O–H groups in total. The molecule has 0 aromatic heterocycles. The largest absolute Gasteiger partial charge is 0.402 e. The van der Waals surface area contributed by atoms with Gasteiger partial charge in [0.15, 0.2) is 6.10 Å². The Kier molecular flexibility index (Phi) is 6.28. The zero-order valence-electron chi connectivity index (χ0n) is 11.1. The third-order valence-electron chi connectivity index (χ3n) is 2.48. The molecule has 1 unspecified atom stereocenters. The Morgan fingerprint density at radius 2 is 1.70 bits per heavy atom. The molecule has 0 radical (unpaired) electrons. The molecule has 0 aliphatic heterocycles. The fraction of sp³-hybridized carbons (Fsp3) is 0.500. The second kappa shape index (κ2) is 7.09. The second-order valence-corrected chi connectivity index (χ2v) is 6.90. The molecule has 0 spiro atoms. The van der Waals surface area contributed by atoms with E-state index < -0.39 is 19.4 Å². The maximum atomic E-state index is 14.3. The van der Waals surface area contributed by atoms with Gasteiger partial charge in [-0.2, -0.15) is 8.78 Å². The summed E-state index contributed by atoms with van der Waals surface area (Å²) < 4.78 is 50.6. The molecule has 0 heterocycles. The quantitative estimate of drug-likeness (QED) is 0.723. The molecule has 8 heteroatoms. The predicted octanol–water partition coefficient (Wildman–Crippen LogP) is 4.34. The van der Waals surface area contributed by atoms with Crippen LogP contribution in [0, 0.1) is 0 Å². The van der Waals surface area contributed by atoms with E-state index in [1.54, 1.807) is 0 Å². The summed E-state index contributed by atoms with van der Waals surface area (Å²) in [6.07, 6.45) is -2.28. The molecule has 4 nitrogen and oxygen atoms in total. The van der Waals surface area contributed by atoms with E-state index >= 15 is 0 Å². The minimum absolute atomic E-state index is 0.0715. The Labute approximate surface area is 124 Å². The van der Waals surface area contributed by atoms with Crippen molar-refractivity contribution in [3.05, 3.63) is 34.3 Å². The van der Waals surface area contributed by atoms with E-state index in [1.165, 1.54) is 38.1 Å². The molecule has 1 aromatic carbocycles. The number of alkyl halides is 2. The van der Waals surface area contributed by atoms with Crippen molar-refractivity contribution in [2.24, 2.45) is 0 Å². The van der Waals surface area contributed by atoms with Crippen LogP contribution in [-0.4, -0.2) is 24.0 Å². The van der Waals surface area contributed by atoms with Crippen LogP contribution in [0.2, 0.25) is 0 Å². The van der Waals surface area contributed by atoms with Crippen LogP contribution >= 0.6 is 23.5 Å². The highest BCUT2D eigenvalue weighted by Gasteiger charge is 2.59. The maximum Gasteiger partial charge on any atom is 0.402 e. The lowest BCUT2D eigenvalue weighted by molar-refractivity contribution is -0.0676. The van der Waals surface area contributed by atoms with E-state index in [0.717, 1.165) is 0 Å². The Morgan fingerprint density at radius 3 is 2.10 bits per heavy atom. The monoisotopic (exact) mass is 372 g/mol. The number of aliphatic hydroxyl groups is 1. The van der Waals surface area contributed by atoms with Crippen molar-refractivity contribution < 1.29 is 27.5 Å². The van der Waals surface area contributed by atoms with Gasteiger partial charge in [-0.1, -0.05) is 28.1 Å². The Bertz CT molecular complexity index is 471. The summed E-state index contributed by atoms with van der Waals surface area (Å²) in [6, 6.07) is 5.62. The van der Waals surface area contributed by atoms with Crippen LogP contribution in [0.1, 0.15) is 25.5 Å². The summed E-state index contributed by atoms with van der Waals surface area (Å²) in [5.41, 5.74) is -4.11. The summed E-state index contributed by atoms with van der Waals surface area (Å²) >= 11 is 3.16. The minimum Gasteiger partial charge on any atom is -0.381 e. The minimum atomic E-state index is -4.75. The van der Waals surface area contributed by atoms with Crippen LogP contribution < -0.4 is 0 Å². The van der Waals surface area contributed by atoms with Crippen molar-refractivity contribution in [2.45, 2.75) is 25.6 Å². The van der Waals surface area contributed by atoms with E-state index in [2.05, 4.69) is 25.0 Å². The molecule has 20 heavy (non-hydrogen) atoms. The topological polar surface area (TPSA) is 55.8 Å². The number of halogens is 3. The first-order valence-electron chi connectivity index (χ1n) is 5.99. The lowest BCUT2D eigenvalue weighted by atomic mass is 10.1. The fourth-order valence-corrected chi connectivity index (χ4v) is 3.36. The summed E-state index contributed by atoms with van der Waals surface area (Å²) in [5, 5.41) is 9.83. The Balaban J connectivity index is 3.11. The third kappa shape index (κ3) is 3.65. The number of rotatable bonds is 7. The molecule has 0 bridgehead atoms. The van der Waals surface area contributed by atoms with Crippen molar-refractivity contribution >= 4 is 23.5 Å². The molecule has 1 atom stereocenters. The lowest BCUT2D eigenvalue weighted by Crippen LogP contribution is -2.28. The highest BCUT2D eigenvalue weighted by molar-refractivity contribution is 9.10. The highest BCUT2D eigenvalue weighted by Crippen LogP contribution is 2.66. The second-order valence-electron chi connectivity index (χ2n) is 3.87. The summed E-state index contributed by atoms with van der Waals surface area (Å²) in [5.74, 6) is 0. The highest BCUT2D eigenvalue weighted by atomic mass is 79.9. The van der Waals surface area contributed by atoms with E-state index in [9.17, 15) is 18.5 Å². The SMILES string of the molecule is CCOP(=O)(OCC)C(F)(F)C(O)c1ccc(Br)cc1. The van der Waals surface area contributed by atoms with Gasteiger partial charge in [-0.25, -0.2) is 0 Å². The van der Waals surface area contributed by atoms with Crippen molar-refractivity contribution in [1.82, 2.24) is 0 Å². The van der Waals surface area contributed by atoms with Gasteiger partial charge in [0.1, 0.15) is 0 Å². The zero-order valence-corrected chi connectivity index (χ0v) is 13.5. The lowest BCUT2D eigenvalue weighted by Gasteiger charge is -2.29. The number of hydrogen-bond acceptors (Lipinski definition) is 4. The molecular weight excluding hydrogens is 357 g/mol. The zero-order chi connectivity index (χ0) is 15.4. The Hall–Kier alpha value is -0.330. The van der Waals surface area contributed by atoms with Crippen LogP contribution in [-0.2, 0) is 13.6 Å². The molecule has 0 aliphatic rings. The van der Waals surface area contributed by atoms with Crippen molar-refractivity contribution in [1.29, 1.82) is 0 Å². The van der Waals surface area contributed by atoms with Crippen LogP contribution in [0.4, 0.5) is 8.78 Å². The van der Waals surface area contributed by atoms with Crippen molar-refractivity contribution in [3.63, 3.8) is 0 Å². The molecule has 0 fully saturated rings. The van der Waals surface area contributed by atoms with Gasteiger partial charge in [-0.15, -0.1) is 0 Å². The van der Waals surface area contributed by atoms with Gasteiger partial charge in [-0.05, 0) is 31.5 Å². The first-order chi connectivity index (χ1) is 9.28. The van der Waals surface area contributed by atoms with E-state index in [-0.39, 0.29) is 18.8 Å². The van der Waals surface area contributed by atoms with E-state index in [0.29, 0.717) is 4.47 Å². The molecular formula is C12H16BrF2O4P. The molecule has 0 saturated carbocycles. The first-order valence-corrected chi connectivity index (χ1v) is 8.32. The fourth-order valence-electron chi connectivity index (χ4n) is 1.54. The number of hydrogen-bond donors (Lipinski definition) is 1. The average Bonchev–Trinajstić information content (AvgIpc) is 2.39. The smallest absolute Gasteiger partial charge is 0.381 e. The van der Waals surface area contributed by atoms with E-state index in [1.807, 2.05) is 0 Å². The molecule has 1 rings (SSSR count). The molecule has 0 saturated heterocycles. The van der Waals surface area contributed by atoms with Gasteiger partial charge in [0.25, 0.3) is 0 Å². The van der Waals surface area contributed by atoms with Crippen LogP contribution in [0.25, 0.3) is 0 Å². The van der Waals surface area contributed by atoms with Crippen molar-refractivity contribution in [2.75, 3.05) is 13.2 Å². The van der Waals surface area contributed by atoms with Gasteiger partial charge < -0.3 is 14.2 Å². The predicted molar refractivity (Wildman–Crippen MR) is 74.9 cm³/mol. The van der Waals surface area contributed by atoms with Gasteiger partial charge in [0, 0.05) is 4.47 Å². The molecule has 0 aliphatic carbocycles.